The summed E-state index contributed by atoms with van der Waals surface area (Å²) in [5.41, 5.74) is 0.777. The number of halogens is 3. The number of rotatable bonds is 5. The van der Waals surface area contributed by atoms with E-state index >= 15 is 0 Å². The van der Waals surface area contributed by atoms with Crippen molar-refractivity contribution in [3.63, 3.8) is 0 Å². The molecule has 0 atom stereocenters. The van der Waals surface area contributed by atoms with E-state index in [9.17, 15) is 18.0 Å². The number of amides is 1. The predicted octanol–water partition coefficient (Wildman–Crippen LogP) is 4.26. The van der Waals surface area contributed by atoms with Crippen LogP contribution >= 0.6 is 0 Å². The summed E-state index contributed by atoms with van der Waals surface area (Å²) in [6, 6.07) is 11.7. The van der Waals surface area contributed by atoms with Crippen LogP contribution in [0.25, 0.3) is 23.0 Å². The van der Waals surface area contributed by atoms with Crippen LogP contribution in [0.15, 0.2) is 65.3 Å². The summed E-state index contributed by atoms with van der Waals surface area (Å²) in [6.45, 7) is -0.188. The lowest BCUT2D eigenvalue weighted by Crippen LogP contribution is -2.19. The molecule has 2 aromatic heterocycles. The summed E-state index contributed by atoms with van der Waals surface area (Å²) in [5.74, 6) is -1.94. The number of aromatic nitrogens is 3. The fourth-order valence-electron chi connectivity index (χ4n) is 2.73. The Morgan fingerprint density at radius 2 is 1.79 bits per heavy atom. The maximum Gasteiger partial charge on any atom is 0.274 e. The van der Waals surface area contributed by atoms with Crippen molar-refractivity contribution >= 4 is 11.6 Å². The summed E-state index contributed by atoms with van der Waals surface area (Å²) in [7, 11) is 0. The first-order chi connectivity index (χ1) is 14.0. The van der Waals surface area contributed by atoms with E-state index in [2.05, 4.69) is 15.5 Å². The molecular weight excluding hydrogens is 385 g/mol. The lowest BCUT2D eigenvalue weighted by Gasteiger charge is -2.09. The van der Waals surface area contributed by atoms with Gasteiger partial charge in [-0.1, -0.05) is 5.16 Å². The van der Waals surface area contributed by atoms with E-state index in [1.807, 2.05) is 0 Å². The molecule has 0 aliphatic carbocycles. The lowest BCUT2D eigenvalue weighted by molar-refractivity contribution is -0.116. The molecule has 1 N–H and O–H groups in total. The number of hydrogen-bond acceptors (Lipinski definition) is 4. The molecule has 2 aromatic carbocycles. The molecule has 0 saturated heterocycles. The predicted molar refractivity (Wildman–Crippen MR) is 98.1 cm³/mol. The van der Waals surface area contributed by atoms with E-state index in [0.29, 0.717) is 11.3 Å². The Balaban J connectivity index is 1.52. The lowest BCUT2D eigenvalue weighted by atomic mass is 10.2. The smallest absolute Gasteiger partial charge is 0.274 e. The quantitative estimate of drug-likeness (QED) is 0.545. The van der Waals surface area contributed by atoms with Crippen LogP contribution in [0.2, 0.25) is 0 Å². The van der Waals surface area contributed by atoms with Gasteiger partial charge in [0, 0.05) is 17.8 Å². The van der Waals surface area contributed by atoms with Gasteiger partial charge in [-0.05, 0) is 48.5 Å². The molecule has 0 aliphatic rings. The van der Waals surface area contributed by atoms with Gasteiger partial charge in [-0.2, -0.15) is 4.98 Å². The molecule has 0 saturated carbocycles. The zero-order chi connectivity index (χ0) is 20.4. The van der Waals surface area contributed by atoms with Gasteiger partial charge in [0.1, 0.15) is 29.7 Å². The standard InChI is InChI=1S/C20H13F3N4O2/c21-13-5-3-12(4-6-13)19-25-20(29-26-19)17-2-1-9-27(17)11-18(28)24-16-10-14(22)7-8-15(16)23/h1-10H,11H2,(H,24,28). The number of nitrogens with zero attached hydrogens (tertiary/aromatic N) is 3. The van der Waals surface area contributed by atoms with Crippen molar-refractivity contribution in [2.75, 3.05) is 5.32 Å². The van der Waals surface area contributed by atoms with Gasteiger partial charge in [0.25, 0.3) is 5.89 Å². The van der Waals surface area contributed by atoms with Crippen molar-refractivity contribution in [1.82, 2.24) is 14.7 Å². The fraction of sp³-hybridized carbons (Fsp3) is 0.0500. The number of carbonyl (C=O) groups excluding carboxylic acids is 1. The van der Waals surface area contributed by atoms with Gasteiger partial charge in [0.2, 0.25) is 11.7 Å². The first-order valence-electron chi connectivity index (χ1n) is 8.49. The molecule has 0 aliphatic heterocycles. The van der Waals surface area contributed by atoms with Gasteiger partial charge in [-0.15, -0.1) is 0 Å². The van der Waals surface area contributed by atoms with Crippen molar-refractivity contribution in [3.05, 3.63) is 78.2 Å². The molecule has 1 amide bonds. The fourth-order valence-corrected chi connectivity index (χ4v) is 2.73. The topological polar surface area (TPSA) is 73.0 Å². The molecule has 4 aromatic rings. The van der Waals surface area contributed by atoms with Crippen molar-refractivity contribution in [2.45, 2.75) is 6.54 Å². The molecule has 9 heteroatoms. The molecule has 0 spiro atoms. The first kappa shape index (κ1) is 18.5. The number of hydrogen-bond donors (Lipinski definition) is 1. The number of anilines is 1. The third kappa shape index (κ3) is 4.03. The number of carbonyl (C=O) groups is 1. The monoisotopic (exact) mass is 398 g/mol. The summed E-state index contributed by atoms with van der Waals surface area (Å²) < 4.78 is 46.8. The summed E-state index contributed by atoms with van der Waals surface area (Å²) in [6.07, 6.45) is 1.61. The van der Waals surface area contributed by atoms with Crippen LogP contribution in [0.1, 0.15) is 0 Å². The minimum absolute atomic E-state index is 0.152. The van der Waals surface area contributed by atoms with Crippen LogP contribution in [-0.4, -0.2) is 20.6 Å². The van der Waals surface area contributed by atoms with E-state index in [4.69, 9.17) is 4.52 Å². The van der Waals surface area contributed by atoms with Crippen LogP contribution < -0.4 is 5.32 Å². The Labute approximate surface area is 162 Å². The molecule has 146 valence electrons. The second kappa shape index (κ2) is 7.63. The maximum atomic E-state index is 13.7. The van der Waals surface area contributed by atoms with Gasteiger partial charge in [-0.3, -0.25) is 4.79 Å². The van der Waals surface area contributed by atoms with Crippen LogP contribution in [0.4, 0.5) is 18.9 Å². The van der Waals surface area contributed by atoms with Gasteiger partial charge >= 0.3 is 0 Å². The van der Waals surface area contributed by atoms with E-state index in [1.54, 1.807) is 18.3 Å². The zero-order valence-corrected chi connectivity index (χ0v) is 14.8. The van der Waals surface area contributed by atoms with Gasteiger partial charge in [0.05, 0.1) is 5.69 Å². The van der Waals surface area contributed by atoms with Crippen LogP contribution in [-0.2, 0) is 11.3 Å². The normalized spacial score (nSPS) is 10.9. The van der Waals surface area contributed by atoms with E-state index < -0.39 is 17.5 Å². The molecular formula is C20H13F3N4O2. The van der Waals surface area contributed by atoms with Crippen molar-refractivity contribution < 1.29 is 22.5 Å². The highest BCUT2D eigenvalue weighted by molar-refractivity contribution is 5.91. The van der Waals surface area contributed by atoms with E-state index in [0.717, 1.165) is 18.2 Å². The van der Waals surface area contributed by atoms with Crippen LogP contribution in [0.5, 0.6) is 0 Å². The van der Waals surface area contributed by atoms with Crippen molar-refractivity contribution in [2.24, 2.45) is 0 Å². The highest BCUT2D eigenvalue weighted by atomic mass is 19.1. The Hall–Kier alpha value is -3.88. The third-order valence-electron chi connectivity index (χ3n) is 4.09. The van der Waals surface area contributed by atoms with Crippen LogP contribution in [0.3, 0.4) is 0 Å². The van der Waals surface area contributed by atoms with E-state index in [-0.39, 0.29) is 29.8 Å². The Bertz CT molecular complexity index is 1170. The molecule has 0 bridgehead atoms. The Morgan fingerprint density at radius 1 is 1.03 bits per heavy atom. The molecule has 29 heavy (non-hydrogen) atoms. The first-order valence-corrected chi connectivity index (χ1v) is 8.49. The van der Waals surface area contributed by atoms with Crippen molar-refractivity contribution in [3.8, 4) is 23.0 Å². The summed E-state index contributed by atoms with van der Waals surface area (Å²) >= 11 is 0. The molecule has 4 rings (SSSR count). The summed E-state index contributed by atoms with van der Waals surface area (Å²) in [5, 5.41) is 6.20. The molecule has 6 nitrogen and oxygen atoms in total. The molecule has 0 fully saturated rings. The van der Waals surface area contributed by atoms with Crippen molar-refractivity contribution in [1.29, 1.82) is 0 Å². The Morgan fingerprint density at radius 3 is 2.59 bits per heavy atom. The number of nitrogens with one attached hydrogen (secondary N) is 1. The molecule has 2 heterocycles. The zero-order valence-electron chi connectivity index (χ0n) is 14.8. The highest BCUT2D eigenvalue weighted by Gasteiger charge is 2.16. The van der Waals surface area contributed by atoms with Gasteiger partial charge in [-0.25, -0.2) is 13.2 Å². The largest absolute Gasteiger partial charge is 0.334 e. The Kier molecular flexibility index (Phi) is 4.86. The SMILES string of the molecule is O=C(Cn1cccc1-c1nc(-c2ccc(F)cc2)no1)Nc1cc(F)ccc1F. The third-order valence-corrected chi connectivity index (χ3v) is 4.09. The van der Waals surface area contributed by atoms with Crippen LogP contribution in [0, 0.1) is 17.5 Å². The number of benzene rings is 2. The van der Waals surface area contributed by atoms with Gasteiger partial charge in [0.15, 0.2) is 0 Å². The average Bonchev–Trinajstić information content (AvgIpc) is 3.34. The highest BCUT2D eigenvalue weighted by Crippen LogP contribution is 2.23. The van der Waals surface area contributed by atoms with E-state index in [1.165, 1.54) is 28.8 Å². The molecule has 0 radical (unpaired) electrons. The maximum absolute atomic E-state index is 13.7. The average molecular weight is 398 g/mol. The molecule has 0 unspecified atom stereocenters. The summed E-state index contributed by atoms with van der Waals surface area (Å²) in [4.78, 5) is 16.5. The second-order valence-electron chi connectivity index (χ2n) is 6.12. The minimum Gasteiger partial charge on any atom is -0.334 e. The second-order valence-corrected chi connectivity index (χ2v) is 6.12. The van der Waals surface area contributed by atoms with Gasteiger partial charge < -0.3 is 14.4 Å². The minimum atomic E-state index is -0.742.